The standard InChI is InChI=1S/C5H14NO.Ba.2H/c1-6(2,3)4-5-7;;;/h7H,4-5H2,1-3H3;;;/q+1;;;. The minimum atomic E-state index is 0. The molecule has 0 aromatic carbocycles. The Morgan fingerprint density at radius 2 is 1.62 bits per heavy atom. The van der Waals surface area contributed by atoms with Gasteiger partial charge in [-0.25, -0.2) is 0 Å². The Bertz CT molecular complexity index is 50.9. The van der Waals surface area contributed by atoms with Gasteiger partial charge in [0.05, 0.1) is 27.7 Å². The predicted octanol–water partition coefficient (Wildman–Crippen LogP) is -1.23. The Balaban J connectivity index is 0. The molecule has 0 spiro atoms. The van der Waals surface area contributed by atoms with E-state index in [0.29, 0.717) is 0 Å². The molecule has 0 bridgehead atoms. The zero-order chi connectivity index (χ0) is 5.91. The second-order valence-electron chi connectivity index (χ2n) is 2.74. The van der Waals surface area contributed by atoms with E-state index in [1.54, 1.807) is 0 Å². The first-order chi connectivity index (χ1) is 3.06. The van der Waals surface area contributed by atoms with Gasteiger partial charge in [-0.2, -0.15) is 0 Å². The van der Waals surface area contributed by atoms with Crippen molar-refractivity contribution in [3.63, 3.8) is 0 Å². The molecule has 0 atom stereocenters. The van der Waals surface area contributed by atoms with E-state index in [0.717, 1.165) is 11.0 Å². The number of aliphatic hydroxyl groups excluding tert-OH is 1. The number of hydrogen-bond acceptors (Lipinski definition) is 1. The maximum absolute atomic E-state index is 8.39. The van der Waals surface area contributed by atoms with Crippen molar-refractivity contribution in [2.75, 3.05) is 34.3 Å². The molecule has 0 saturated heterocycles. The van der Waals surface area contributed by atoms with Gasteiger partial charge in [-0.3, -0.25) is 0 Å². The molecule has 0 rings (SSSR count). The van der Waals surface area contributed by atoms with Crippen LogP contribution < -0.4 is 0 Å². The molecule has 0 unspecified atom stereocenters. The van der Waals surface area contributed by atoms with E-state index in [1.165, 1.54) is 0 Å². The first kappa shape index (κ1) is 12.2. The van der Waals surface area contributed by atoms with Gasteiger partial charge in [-0.15, -0.1) is 0 Å². The first-order valence-electron chi connectivity index (χ1n) is 2.47. The van der Waals surface area contributed by atoms with Crippen molar-refractivity contribution in [1.82, 2.24) is 0 Å². The number of rotatable bonds is 2. The summed E-state index contributed by atoms with van der Waals surface area (Å²) < 4.78 is 0.844. The molecule has 48 valence electrons. The van der Waals surface area contributed by atoms with Gasteiger partial charge in [-0.05, 0) is 0 Å². The summed E-state index contributed by atoms with van der Waals surface area (Å²) in [4.78, 5) is 0. The number of quaternary nitrogens is 1. The van der Waals surface area contributed by atoms with E-state index in [4.69, 9.17) is 5.11 Å². The topological polar surface area (TPSA) is 20.2 Å². The normalized spacial score (nSPS) is 10.5. The van der Waals surface area contributed by atoms with E-state index in [9.17, 15) is 0 Å². The van der Waals surface area contributed by atoms with Crippen LogP contribution in [0.25, 0.3) is 0 Å². The molecule has 0 saturated carbocycles. The molecule has 1 N–H and O–H groups in total. The monoisotopic (exact) mass is 244 g/mol. The zero-order valence-electron chi connectivity index (χ0n) is 5.31. The fraction of sp³-hybridized carbons (Fsp3) is 1.00. The van der Waals surface area contributed by atoms with Gasteiger partial charge in [0, 0.05) is 0 Å². The summed E-state index contributed by atoms with van der Waals surface area (Å²) in [6.07, 6.45) is 0. The molecule has 8 heavy (non-hydrogen) atoms. The third-order valence-corrected chi connectivity index (χ3v) is 0.771. The van der Waals surface area contributed by atoms with Crippen LogP contribution >= 0.6 is 0 Å². The molecule has 0 amide bonds. The van der Waals surface area contributed by atoms with Gasteiger partial charge >= 0.3 is 48.9 Å². The van der Waals surface area contributed by atoms with Crippen LogP contribution in [0.3, 0.4) is 0 Å². The summed E-state index contributed by atoms with van der Waals surface area (Å²) in [6, 6.07) is 0. The van der Waals surface area contributed by atoms with Crippen molar-refractivity contribution in [2.45, 2.75) is 0 Å². The first-order valence-corrected chi connectivity index (χ1v) is 2.47. The summed E-state index contributed by atoms with van der Waals surface area (Å²) >= 11 is 0. The molecule has 3 heteroatoms. The second-order valence-corrected chi connectivity index (χ2v) is 2.74. The second kappa shape index (κ2) is 5.29. The Hall–Kier alpha value is 1.49. The quantitative estimate of drug-likeness (QED) is 0.476. The van der Waals surface area contributed by atoms with Gasteiger partial charge in [0.1, 0.15) is 6.54 Å². The maximum atomic E-state index is 8.39. The Kier molecular flexibility index (Phi) is 8.06. The van der Waals surface area contributed by atoms with E-state index in [1.807, 2.05) is 0 Å². The molecule has 2 nitrogen and oxygen atoms in total. The van der Waals surface area contributed by atoms with E-state index < -0.39 is 0 Å². The Morgan fingerprint density at radius 1 is 1.25 bits per heavy atom. The summed E-state index contributed by atoms with van der Waals surface area (Å²) in [6.45, 7) is 1.11. The summed E-state index contributed by atoms with van der Waals surface area (Å²) in [5.74, 6) is 0. The summed E-state index contributed by atoms with van der Waals surface area (Å²) in [5.41, 5.74) is 0. The molecular formula is C5H16BaNO+. The van der Waals surface area contributed by atoms with Gasteiger partial charge in [-0.1, -0.05) is 0 Å². The van der Waals surface area contributed by atoms with Crippen LogP contribution in [0.2, 0.25) is 0 Å². The number of nitrogens with zero attached hydrogens (tertiary/aromatic N) is 1. The predicted molar refractivity (Wildman–Crippen MR) is 38.5 cm³/mol. The third-order valence-electron chi connectivity index (χ3n) is 0.771. The Labute approximate surface area is 91.5 Å². The van der Waals surface area contributed by atoms with E-state index >= 15 is 0 Å². The van der Waals surface area contributed by atoms with E-state index in [-0.39, 0.29) is 55.5 Å². The van der Waals surface area contributed by atoms with Crippen molar-refractivity contribution < 1.29 is 9.59 Å². The fourth-order valence-corrected chi connectivity index (χ4v) is 0.300. The zero-order valence-corrected chi connectivity index (χ0v) is 5.31. The minimum absolute atomic E-state index is 0. The number of hydrogen-bond donors (Lipinski definition) is 1. The Morgan fingerprint density at radius 3 is 1.62 bits per heavy atom. The molecule has 0 aliphatic rings. The molecule has 0 fully saturated rings. The molecule has 0 aliphatic carbocycles. The average Bonchev–Trinajstić information content (AvgIpc) is 1.30. The van der Waals surface area contributed by atoms with Gasteiger partial charge < -0.3 is 9.59 Å². The molecule has 0 aliphatic heterocycles. The molecule has 0 aromatic rings. The van der Waals surface area contributed by atoms with Crippen molar-refractivity contribution in [3.8, 4) is 0 Å². The molecule has 0 radical (unpaired) electrons. The van der Waals surface area contributed by atoms with Gasteiger partial charge in [0.15, 0.2) is 0 Å². The van der Waals surface area contributed by atoms with Crippen LogP contribution in [0.5, 0.6) is 0 Å². The average molecular weight is 244 g/mol. The summed E-state index contributed by atoms with van der Waals surface area (Å²) in [5, 5.41) is 8.39. The van der Waals surface area contributed by atoms with Crippen molar-refractivity contribution >= 4 is 48.9 Å². The molecule has 0 heterocycles. The van der Waals surface area contributed by atoms with Gasteiger partial charge in [0.25, 0.3) is 0 Å². The van der Waals surface area contributed by atoms with Crippen molar-refractivity contribution in [2.24, 2.45) is 0 Å². The summed E-state index contributed by atoms with van der Waals surface area (Å²) in [7, 11) is 6.16. The van der Waals surface area contributed by atoms with Crippen LogP contribution in [-0.4, -0.2) is 92.8 Å². The van der Waals surface area contributed by atoms with Crippen LogP contribution in [0.4, 0.5) is 0 Å². The fourth-order valence-electron chi connectivity index (χ4n) is 0.300. The van der Waals surface area contributed by atoms with Crippen LogP contribution in [0.15, 0.2) is 0 Å². The van der Waals surface area contributed by atoms with Crippen molar-refractivity contribution in [1.29, 1.82) is 0 Å². The molecule has 0 aromatic heterocycles. The van der Waals surface area contributed by atoms with E-state index in [2.05, 4.69) is 21.1 Å². The number of likely N-dealkylation sites (N-methyl/N-ethyl adjacent to an activating group) is 1. The van der Waals surface area contributed by atoms with Crippen molar-refractivity contribution in [3.05, 3.63) is 0 Å². The SMILES string of the molecule is C[N+](C)(C)CCO.[BaH2]. The van der Waals surface area contributed by atoms with Crippen LogP contribution in [-0.2, 0) is 0 Å². The van der Waals surface area contributed by atoms with Crippen LogP contribution in [0, 0.1) is 0 Å². The molecular weight excluding hydrogens is 227 g/mol. The third kappa shape index (κ3) is 10.5. The van der Waals surface area contributed by atoms with Gasteiger partial charge in [0.2, 0.25) is 0 Å². The van der Waals surface area contributed by atoms with Crippen LogP contribution in [0.1, 0.15) is 0 Å². The number of aliphatic hydroxyl groups is 1.